The van der Waals surface area contributed by atoms with Crippen molar-refractivity contribution in [1.82, 2.24) is 25.2 Å². The number of hydrogen-bond donors (Lipinski definition) is 1. The van der Waals surface area contributed by atoms with E-state index in [4.69, 9.17) is 0 Å². The number of aromatic nitrogens is 1. The normalized spacial score (nSPS) is 18.6. The van der Waals surface area contributed by atoms with E-state index in [2.05, 4.69) is 37.2 Å². The van der Waals surface area contributed by atoms with Crippen molar-refractivity contribution in [1.29, 1.82) is 0 Å². The molecular formula is C18H29N7O2. The number of unbranched alkanes of at least 4 members (excludes halogenated alkanes) is 2. The lowest BCUT2D eigenvalue weighted by atomic mass is 10.2. The molecule has 0 bridgehead atoms. The molecular weight excluding hydrogens is 346 g/mol. The van der Waals surface area contributed by atoms with Crippen molar-refractivity contribution in [2.45, 2.75) is 19.3 Å². The van der Waals surface area contributed by atoms with E-state index in [1.807, 2.05) is 18.5 Å². The summed E-state index contributed by atoms with van der Waals surface area (Å²) in [5.41, 5.74) is 3.27. The molecule has 9 heteroatoms. The lowest BCUT2D eigenvalue weighted by Crippen LogP contribution is -2.47. The Labute approximate surface area is 160 Å². The van der Waals surface area contributed by atoms with Crippen LogP contribution in [0, 0.1) is 10.1 Å². The van der Waals surface area contributed by atoms with Crippen LogP contribution in [0.2, 0.25) is 0 Å². The highest BCUT2D eigenvalue weighted by Gasteiger charge is 2.21. The van der Waals surface area contributed by atoms with Crippen molar-refractivity contribution in [2.75, 3.05) is 57.9 Å². The van der Waals surface area contributed by atoms with E-state index in [9.17, 15) is 10.1 Å². The van der Waals surface area contributed by atoms with Crippen molar-refractivity contribution in [3.05, 3.63) is 40.7 Å². The first-order valence-electron chi connectivity index (χ1n) is 9.58. The maximum Gasteiger partial charge on any atom is 0.365 e. The number of hydrogen-bond acceptors (Lipinski definition) is 8. The van der Waals surface area contributed by atoms with Crippen LogP contribution in [-0.4, -0.2) is 77.7 Å². The monoisotopic (exact) mass is 375 g/mol. The average Bonchev–Trinajstić information content (AvgIpc) is 2.68. The fourth-order valence-corrected chi connectivity index (χ4v) is 3.46. The van der Waals surface area contributed by atoms with Gasteiger partial charge in [0.25, 0.3) is 0 Å². The van der Waals surface area contributed by atoms with Crippen molar-refractivity contribution in [3.8, 4) is 0 Å². The standard InChI is InChI=1S/C18H29N7O2/c1-21-11-8-19-24(16-21)10-4-2-3-9-22-12-14-23(15-13-22)17-6-5-7-18(20-17)25(26)27/h5-8,11,19H,2-4,9-10,12-16H2,1H3. The average molecular weight is 375 g/mol. The van der Waals surface area contributed by atoms with Gasteiger partial charge < -0.3 is 25.3 Å². The van der Waals surface area contributed by atoms with E-state index in [0.29, 0.717) is 5.82 Å². The molecule has 0 atom stereocenters. The fourth-order valence-electron chi connectivity index (χ4n) is 3.46. The predicted octanol–water partition coefficient (Wildman–Crippen LogP) is 1.46. The quantitative estimate of drug-likeness (QED) is 0.416. The van der Waals surface area contributed by atoms with Gasteiger partial charge in [0.2, 0.25) is 5.82 Å². The molecule has 0 spiro atoms. The first-order valence-corrected chi connectivity index (χ1v) is 9.58. The summed E-state index contributed by atoms with van der Waals surface area (Å²) in [5.74, 6) is 0.622. The molecule has 1 saturated heterocycles. The van der Waals surface area contributed by atoms with Crippen LogP contribution in [0.5, 0.6) is 0 Å². The van der Waals surface area contributed by atoms with Crippen molar-refractivity contribution >= 4 is 11.6 Å². The van der Waals surface area contributed by atoms with Crippen LogP contribution in [0.1, 0.15) is 19.3 Å². The Balaban J connectivity index is 1.31. The summed E-state index contributed by atoms with van der Waals surface area (Å²) in [6, 6.07) is 5.00. The molecule has 0 saturated carbocycles. The molecule has 3 heterocycles. The first-order chi connectivity index (χ1) is 13.1. The van der Waals surface area contributed by atoms with Crippen molar-refractivity contribution < 1.29 is 4.92 Å². The Morgan fingerprint density at radius 3 is 2.67 bits per heavy atom. The minimum absolute atomic E-state index is 0.0835. The molecule has 0 aliphatic carbocycles. The summed E-state index contributed by atoms with van der Waals surface area (Å²) in [6.45, 7) is 6.78. The maximum absolute atomic E-state index is 10.9. The Morgan fingerprint density at radius 1 is 1.15 bits per heavy atom. The van der Waals surface area contributed by atoms with Crippen LogP contribution in [0.15, 0.2) is 30.6 Å². The van der Waals surface area contributed by atoms with E-state index >= 15 is 0 Å². The highest BCUT2D eigenvalue weighted by Crippen LogP contribution is 2.17. The molecule has 0 amide bonds. The van der Waals surface area contributed by atoms with Gasteiger partial charge in [-0.05, 0) is 35.4 Å². The van der Waals surface area contributed by atoms with E-state index < -0.39 is 4.92 Å². The smallest absolute Gasteiger partial charge is 0.365 e. The SMILES string of the molecule is CN1C=CNN(CCCCCN2CCN(c3cccc([N+](=O)[O-])n3)CC2)C1. The molecule has 1 aromatic heterocycles. The summed E-state index contributed by atoms with van der Waals surface area (Å²) in [6.07, 6.45) is 7.62. The first kappa shape index (κ1) is 19.4. The minimum atomic E-state index is -0.437. The second kappa shape index (κ2) is 9.52. The molecule has 1 aromatic rings. The summed E-state index contributed by atoms with van der Waals surface area (Å²) in [7, 11) is 2.08. The lowest BCUT2D eigenvalue weighted by molar-refractivity contribution is -0.389. The number of pyridine rings is 1. The highest BCUT2D eigenvalue weighted by atomic mass is 16.6. The van der Waals surface area contributed by atoms with Crippen LogP contribution in [0.4, 0.5) is 11.6 Å². The van der Waals surface area contributed by atoms with E-state index in [1.165, 1.54) is 25.3 Å². The van der Waals surface area contributed by atoms with Gasteiger partial charge >= 0.3 is 5.82 Å². The molecule has 2 aliphatic rings. The van der Waals surface area contributed by atoms with Gasteiger partial charge in [0.05, 0.1) is 6.67 Å². The number of nitro groups is 1. The van der Waals surface area contributed by atoms with Gasteiger partial charge in [-0.25, -0.2) is 5.01 Å². The number of rotatable bonds is 8. The maximum atomic E-state index is 10.9. The number of anilines is 1. The number of nitrogens with zero attached hydrogens (tertiary/aromatic N) is 6. The van der Waals surface area contributed by atoms with Gasteiger partial charge in [0.15, 0.2) is 0 Å². The molecule has 1 fully saturated rings. The molecule has 9 nitrogen and oxygen atoms in total. The van der Waals surface area contributed by atoms with Crippen LogP contribution in [-0.2, 0) is 0 Å². The van der Waals surface area contributed by atoms with E-state index in [0.717, 1.165) is 45.9 Å². The zero-order valence-corrected chi connectivity index (χ0v) is 16.0. The Bertz CT molecular complexity index is 646. The topological polar surface area (TPSA) is 81.0 Å². The van der Waals surface area contributed by atoms with Crippen LogP contribution in [0.3, 0.4) is 0 Å². The van der Waals surface area contributed by atoms with E-state index in [1.54, 1.807) is 6.07 Å². The minimum Gasteiger partial charge on any atom is -0.365 e. The molecule has 0 radical (unpaired) electrons. The second-order valence-corrected chi connectivity index (χ2v) is 7.11. The van der Waals surface area contributed by atoms with Gasteiger partial charge in [-0.3, -0.25) is 4.90 Å². The molecule has 27 heavy (non-hydrogen) atoms. The summed E-state index contributed by atoms with van der Waals surface area (Å²) in [5, 5.41) is 13.1. The molecule has 0 unspecified atom stereocenters. The van der Waals surface area contributed by atoms with Gasteiger partial charge in [0, 0.05) is 64.3 Å². The zero-order valence-electron chi connectivity index (χ0n) is 16.0. The van der Waals surface area contributed by atoms with Gasteiger partial charge in [-0.2, -0.15) is 0 Å². The third-order valence-corrected chi connectivity index (χ3v) is 4.99. The van der Waals surface area contributed by atoms with Gasteiger partial charge in [0.1, 0.15) is 0 Å². The summed E-state index contributed by atoms with van der Waals surface area (Å²) < 4.78 is 0. The second-order valence-electron chi connectivity index (χ2n) is 7.11. The van der Waals surface area contributed by atoms with Gasteiger partial charge in [-0.1, -0.05) is 6.42 Å². The Morgan fingerprint density at radius 2 is 1.93 bits per heavy atom. The summed E-state index contributed by atoms with van der Waals surface area (Å²) >= 11 is 0. The van der Waals surface area contributed by atoms with Crippen molar-refractivity contribution in [2.24, 2.45) is 0 Å². The number of hydrazine groups is 1. The van der Waals surface area contributed by atoms with Crippen LogP contribution in [0.25, 0.3) is 0 Å². The predicted molar refractivity (Wildman–Crippen MR) is 105 cm³/mol. The summed E-state index contributed by atoms with van der Waals surface area (Å²) in [4.78, 5) is 21.4. The number of nitrogens with one attached hydrogen (secondary N) is 1. The molecule has 1 N–H and O–H groups in total. The third kappa shape index (κ3) is 5.80. The van der Waals surface area contributed by atoms with Crippen molar-refractivity contribution in [3.63, 3.8) is 0 Å². The molecule has 2 aliphatic heterocycles. The largest absolute Gasteiger partial charge is 0.365 e. The van der Waals surface area contributed by atoms with Gasteiger partial charge in [-0.15, -0.1) is 0 Å². The Kier molecular flexibility index (Phi) is 6.83. The molecule has 3 rings (SSSR count). The highest BCUT2D eigenvalue weighted by molar-refractivity contribution is 5.42. The molecule has 0 aromatic carbocycles. The molecule has 148 valence electrons. The van der Waals surface area contributed by atoms with Crippen LogP contribution < -0.4 is 10.3 Å². The Hall–Kier alpha value is -2.39. The van der Waals surface area contributed by atoms with Crippen LogP contribution >= 0.6 is 0 Å². The fraction of sp³-hybridized carbons (Fsp3) is 0.611. The lowest BCUT2D eigenvalue weighted by Gasteiger charge is -2.34. The van der Waals surface area contributed by atoms with E-state index in [-0.39, 0.29) is 5.82 Å². The third-order valence-electron chi connectivity index (χ3n) is 4.99. The number of piperazine rings is 1. The zero-order chi connectivity index (χ0) is 19.1.